The number of morpholine rings is 1. The van der Waals surface area contributed by atoms with Crippen molar-refractivity contribution in [2.24, 2.45) is 11.8 Å². The maximum absolute atomic E-state index is 11.9. The second-order valence-electron chi connectivity index (χ2n) is 4.06. The fraction of sp³-hybridized carbons (Fsp3) is 0.900. The first kappa shape index (κ1) is 9.93. The van der Waals surface area contributed by atoms with Crippen LogP contribution in [0.15, 0.2) is 0 Å². The highest BCUT2D eigenvalue weighted by Crippen LogP contribution is 2.35. The molecule has 80 valence electrons. The second-order valence-corrected chi connectivity index (χ2v) is 4.06. The Morgan fingerprint density at radius 2 is 2.07 bits per heavy atom. The second kappa shape index (κ2) is 4.28. The van der Waals surface area contributed by atoms with E-state index in [9.17, 15) is 4.79 Å². The Morgan fingerprint density at radius 3 is 2.57 bits per heavy atom. The van der Waals surface area contributed by atoms with Gasteiger partial charge < -0.3 is 14.7 Å². The van der Waals surface area contributed by atoms with Gasteiger partial charge in [-0.1, -0.05) is 0 Å². The van der Waals surface area contributed by atoms with Crippen LogP contribution in [0.4, 0.5) is 0 Å². The molecule has 2 atom stereocenters. The normalized spacial score (nSPS) is 32.5. The largest absolute Gasteiger partial charge is 0.396 e. The van der Waals surface area contributed by atoms with Crippen molar-refractivity contribution >= 4 is 5.91 Å². The number of nitrogens with zero attached hydrogens (tertiary/aromatic N) is 1. The summed E-state index contributed by atoms with van der Waals surface area (Å²) in [4.78, 5) is 13.8. The van der Waals surface area contributed by atoms with Gasteiger partial charge in [-0.25, -0.2) is 0 Å². The molecule has 1 amide bonds. The lowest BCUT2D eigenvalue weighted by molar-refractivity contribution is -0.146. The molecule has 1 aliphatic carbocycles. The molecule has 0 spiro atoms. The Labute approximate surface area is 83.8 Å². The van der Waals surface area contributed by atoms with E-state index in [1.165, 1.54) is 0 Å². The number of hydrogen-bond donors (Lipinski definition) is 1. The molecule has 1 N–H and O–H groups in total. The number of carbonyl (C=O) groups is 1. The molecule has 0 aromatic rings. The lowest BCUT2D eigenvalue weighted by atomic mass is 9.73. The molecule has 2 aliphatic rings. The third-order valence-electron chi connectivity index (χ3n) is 3.29. The number of ether oxygens (including phenoxy) is 1. The summed E-state index contributed by atoms with van der Waals surface area (Å²) < 4.78 is 5.19. The minimum Gasteiger partial charge on any atom is -0.396 e. The van der Waals surface area contributed by atoms with E-state index in [0.29, 0.717) is 26.3 Å². The third kappa shape index (κ3) is 1.77. The molecular formula is C10H17NO3. The predicted molar refractivity (Wildman–Crippen MR) is 50.7 cm³/mol. The topological polar surface area (TPSA) is 49.8 Å². The molecule has 4 heteroatoms. The first-order valence-electron chi connectivity index (χ1n) is 5.30. The summed E-state index contributed by atoms with van der Waals surface area (Å²) in [6, 6.07) is 0. The highest BCUT2D eigenvalue weighted by atomic mass is 16.5. The number of rotatable bonds is 2. The number of aliphatic hydroxyl groups is 1. The van der Waals surface area contributed by atoms with Gasteiger partial charge in [-0.3, -0.25) is 4.79 Å². The Balaban J connectivity index is 1.87. The Hall–Kier alpha value is -0.610. The fourth-order valence-corrected chi connectivity index (χ4v) is 2.13. The van der Waals surface area contributed by atoms with Crippen LogP contribution >= 0.6 is 0 Å². The smallest absolute Gasteiger partial charge is 0.226 e. The molecule has 1 saturated carbocycles. The first-order valence-corrected chi connectivity index (χ1v) is 5.30. The van der Waals surface area contributed by atoms with Gasteiger partial charge in [0.1, 0.15) is 0 Å². The van der Waals surface area contributed by atoms with Gasteiger partial charge in [0.05, 0.1) is 13.2 Å². The van der Waals surface area contributed by atoms with Crippen LogP contribution in [0.3, 0.4) is 0 Å². The van der Waals surface area contributed by atoms with E-state index in [-0.39, 0.29) is 24.3 Å². The number of carbonyl (C=O) groups excluding carboxylic acids is 1. The molecule has 0 bridgehead atoms. The van der Waals surface area contributed by atoms with Crippen molar-refractivity contribution in [3.63, 3.8) is 0 Å². The average Bonchev–Trinajstić information content (AvgIpc) is 2.18. The van der Waals surface area contributed by atoms with Crippen molar-refractivity contribution in [1.82, 2.24) is 4.90 Å². The summed E-state index contributed by atoms with van der Waals surface area (Å²) in [5.41, 5.74) is 0. The van der Waals surface area contributed by atoms with E-state index in [2.05, 4.69) is 0 Å². The third-order valence-corrected chi connectivity index (χ3v) is 3.29. The molecule has 4 nitrogen and oxygen atoms in total. The van der Waals surface area contributed by atoms with Crippen LogP contribution in [0.2, 0.25) is 0 Å². The van der Waals surface area contributed by atoms with Crippen LogP contribution in [0.25, 0.3) is 0 Å². The van der Waals surface area contributed by atoms with Crippen LogP contribution < -0.4 is 0 Å². The molecule has 14 heavy (non-hydrogen) atoms. The minimum atomic E-state index is 0.0816. The van der Waals surface area contributed by atoms with Crippen molar-refractivity contribution in [2.75, 3.05) is 32.9 Å². The molecule has 2 rings (SSSR count). The van der Waals surface area contributed by atoms with Crippen LogP contribution in [0.1, 0.15) is 12.8 Å². The highest BCUT2D eigenvalue weighted by Gasteiger charge is 2.38. The van der Waals surface area contributed by atoms with Crippen LogP contribution in [0.5, 0.6) is 0 Å². The molecule has 1 unspecified atom stereocenters. The standard InChI is InChI=1S/C10H17NO3/c12-7-8-1-2-9(8)10(13)11-3-5-14-6-4-11/h8-9,12H,1-7H2/t8?,9-/m0/s1. The van der Waals surface area contributed by atoms with Gasteiger partial charge in [-0.2, -0.15) is 0 Å². The minimum absolute atomic E-state index is 0.0816. The van der Waals surface area contributed by atoms with Gasteiger partial charge in [-0.05, 0) is 18.8 Å². The van der Waals surface area contributed by atoms with E-state index in [1.807, 2.05) is 4.90 Å². The van der Waals surface area contributed by atoms with Gasteiger partial charge in [0.25, 0.3) is 0 Å². The summed E-state index contributed by atoms with van der Waals surface area (Å²) in [6.07, 6.45) is 1.94. The molecule has 0 aromatic carbocycles. The monoisotopic (exact) mass is 199 g/mol. The summed E-state index contributed by atoms with van der Waals surface area (Å²) in [5, 5.41) is 9.01. The van der Waals surface area contributed by atoms with Gasteiger partial charge in [-0.15, -0.1) is 0 Å². The maximum atomic E-state index is 11.9. The summed E-state index contributed by atoms with van der Waals surface area (Å²) in [5.74, 6) is 0.516. The molecule has 2 fully saturated rings. The van der Waals surface area contributed by atoms with Crippen molar-refractivity contribution in [2.45, 2.75) is 12.8 Å². The van der Waals surface area contributed by atoms with E-state index in [4.69, 9.17) is 9.84 Å². The Kier molecular flexibility index (Phi) is 3.03. The van der Waals surface area contributed by atoms with Gasteiger partial charge in [0, 0.05) is 25.6 Å². The number of amides is 1. The van der Waals surface area contributed by atoms with Gasteiger partial charge in [0.2, 0.25) is 5.91 Å². The van der Waals surface area contributed by atoms with Gasteiger partial charge in [0.15, 0.2) is 0 Å². The summed E-state index contributed by atoms with van der Waals surface area (Å²) >= 11 is 0. The summed E-state index contributed by atoms with van der Waals surface area (Å²) in [7, 11) is 0. The lowest BCUT2D eigenvalue weighted by Gasteiger charge is -2.38. The van der Waals surface area contributed by atoms with E-state index in [1.54, 1.807) is 0 Å². The first-order chi connectivity index (χ1) is 6.83. The van der Waals surface area contributed by atoms with E-state index < -0.39 is 0 Å². The molecule has 1 saturated heterocycles. The Morgan fingerprint density at radius 1 is 1.36 bits per heavy atom. The molecule has 1 aliphatic heterocycles. The maximum Gasteiger partial charge on any atom is 0.226 e. The van der Waals surface area contributed by atoms with Crippen LogP contribution in [-0.4, -0.2) is 48.8 Å². The average molecular weight is 199 g/mol. The zero-order chi connectivity index (χ0) is 9.97. The molecule has 1 heterocycles. The molecule has 0 aromatic heterocycles. The highest BCUT2D eigenvalue weighted by molar-refractivity contribution is 5.80. The number of aliphatic hydroxyl groups excluding tert-OH is 1. The fourth-order valence-electron chi connectivity index (χ4n) is 2.13. The SMILES string of the molecule is O=C([C@H]1CCC1CO)N1CCOCC1. The van der Waals surface area contributed by atoms with Crippen molar-refractivity contribution in [3.8, 4) is 0 Å². The number of hydrogen-bond acceptors (Lipinski definition) is 3. The van der Waals surface area contributed by atoms with E-state index >= 15 is 0 Å². The quantitative estimate of drug-likeness (QED) is 0.673. The zero-order valence-electron chi connectivity index (χ0n) is 8.32. The molecular weight excluding hydrogens is 182 g/mol. The van der Waals surface area contributed by atoms with Crippen LogP contribution in [0, 0.1) is 11.8 Å². The van der Waals surface area contributed by atoms with Crippen molar-refractivity contribution in [3.05, 3.63) is 0 Å². The molecule has 0 radical (unpaired) electrons. The summed E-state index contributed by atoms with van der Waals surface area (Å²) in [6.45, 7) is 2.90. The lowest BCUT2D eigenvalue weighted by Crippen LogP contribution is -2.48. The van der Waals surface area contributed by atoms with E-state index in [0.717, 1.165) is 12.8 Å². The van der Waals surface area contributed by atoms with Crippen LogP contribution in [-0.2, 0) is 9.53 Å². The van der Waals surface area contributed by atoms with Crippen molar-refractivity contribution in [1.29, 1.82) is 0 Å². The zero-order valence-corrected chi connectivity index (χ0v) is 8.32. The predicted octanol–water partition coefficient (Wildman–Crippen LogP) is -0.136. The Bertz CT molecular complexity index is 207. The van der Waals surface area contributed by atoms with Gasteiger partial charge >= 0.3 is 0 Å². The van der Waals surface area contributed by atoms with Crippen molar-refractivity contribution < 1.29 is 14.6 Å².